The summed E-state index contributed by atoms with van der Waals surface area (Å²) in [7, 11) is 0. The summed E-state index contributed by atoms with van der Waals surface area (Å²) in [6.07, 6.45) is -1.09. The van der Waals surface area contributed by atoms with Crippen molar-refractivity contribution in [3.05, 3.63) is 0 Å². The number of carboxylic acid groups (broad SMARTS) is 1. The quantitative estimate of drug-likeness (QED) is 0.637. The Labute approximate surface area is 123 Å². The van der Waals surface area contributed by atoms with Gasteiger partial charge in [-0.2, -0.15) is 12.6 Å². The first-order valence-electron chi connectivity index (χ1n) is 6.49. The van der Waals surface area contributed by atoms with Crippen LogP contribution in [0.15, 0.2) is 0 Å². The Bertz CT molecular complexity index is 390. The average molecular weight is 304 g/mol. The second-order valence-electron chi connectivity index (χ2n) is 4.72. The van der Waals surface area contributed by atoms with Crippen molar-refractivity contribution in [3.63, 3.8) is 0 Å². The van der Waals surface area contributed by atoms with E-state index in [1.807, 2.05) is 0 Å². The molecule has 1 saturated heterocycles. The third-order valence-corrected chi connectivity index (χ3v) is 3.67. The topological polar surface area (TPSA) is 95.9 Å². The molecule has 1 rings (SSSR count). The molecular weight excluding hydrogens is 284 g/mol. The number of hydrogen-bond donors (Lipinski definition) is 3. The SMILES string of the molecule is CCNC(=O)O[C@H]1C[C@@H](C(=O)O)N(C(=O)C(C)CS)C1. The van der Waals surface area contributed by atoms with Gasteiger partial charge in [0.05, 0.1) is 6.54 Å². The highest BCUT2D eigenvalue weighted by Crippen LogP contribution is 2.23. The van der Waals surface area contributed by atoms with E-state index in [1.54, 1.807) is 13.8 Å². The number of ether oxygens (including phenoxy) is 1. The van der Waals surface area contributed by atoms with E-state index in [0.717, 1.165) is 0 Å². The fraction of sp³-hybridized carbons (Fsp3) is 0.750. The summed E-state index contributed by atoms with van der Waals surface area (Å²) >= 11 is 4.04. The molecule has 1 unspecified atom stereocenters. The van der Waals surface area contributed by atoms with Crippen molar-refractivity contribution in [2.75, 3.05) is 18.8 Å². The zero-order valence-electron chi connectivity index (χ0n) is 11.5. The van der Waals surface area contributed by atoms with Gasteiger partial charge in [0, 0.05) is 24.6 Å². The van der Waals surface area contributed by atoms with E-state index in [0.29, 0.717) is 12.3 Å². The van der Waals surface area contributed by atoms with Gasteiger partial charge in [0.1, 0.15) is 12.1 Å². The number of likely N-dealkylation sites (tertiary alicyclic amines) is 1. The lowest BCUT2D eigenvalue weighted by molar-refractivity contribution is -0.149. The number of amides is 2. The van der Waals surface area contributed by atoms with E-state index in [-0.39, 0.29) is 24.8 Å². The molecule has 20 heavy (non-hydrogen) atoms. The van der Waals surface area contributed by atoms with Crippen LogP contribution in [0.1, 0.15) is 20.3 Å². The Kier molecular flexibility index (Phi) is 6.12. The van der Waals surface area contributed by atoms with Crippen molar-refractivity contribution >= 4 is 30.6 Å². The van der Waals surface area contributed by atoms with E-state index < -0.39 is 24.2 Å². The number of hydrogen-bond acceptors (Lipinski definition) is 5. The molecule has 2 N–H and O–H groups in total. The van der Waals surface area contributed by atoms with Crippen LogP contribution in [0.25, 0.3) is 0 Å². The van der Waals surface area contributed by atoms with Crippen LogP contribution in [0.4, 0.5) is 4.79 Å². The van der Waals surface area contributed by atoms with Gasteiger partial charge in [-0.3, -0.25) is 4.79 Å². The molecule has 0 aromatic rings. The number of carbonyl (C=O) groups is 3. The standard InChI is InChI=1S/C12H20N2O5S/c1-3-13-12(18)19-8-4-9(11(16)17)14(5-8)10(15)7(2)6-20/h7-9,20H,3-6H2,1-2H3,(H,13,18)(H,16,17)/t7?,8-,9-/m0/s1. The molecule has 0 radical (unpaired) electrons. The highest BCUT2D eigenvalue weighted by atomic mass is 32.1. The smallest absolute Gasteiger partial charge is 0.407 e. The number of nitrogens with one attached hydrogen (secondary N) is 1. The van der Waals surface area contributed by atoms with E-state index in [4.69, 9.17) is 4.74 Å². The molecule has 1 heterocycles. The van der Waals surface area contributed by atoms with E-state index in [9.17, 15) is 19.5 Å². The first-order valence-corrected chi connectivity index (χ1v) is 7.12. The van der Waals surface area contributed by atoms with E-state index in [1.165, 1.54) is 4.90 Å². The van der Waals surface area contributed by atoms with Crippen molar-refractivity contribution in [1.82, 2.24) is 10.2 Å². The molecule has 1 aliphatic heterocycles. The van der Waals surface area contributed by atoms with Gasteiger partial charge >= 0.3 is 12.1 Å². The molecule has 0 aliphatic carbocycles. The Morgan fingerprint density at radius 3 is 2.65 bits per heavy atom. The van der Waals surface area contributed by atoms with Gasteiger partial charge in [-0.05, 0) is 6.92 Å². The first kappa shape index (κ1) is 16.6. The van der Waals surface area contributed by atoms with Gasteiger partial charge < -0.3 is 20.1 Å². The molecule has 3 atom stereocenters. The van der Waals surface area contributed by atoms with Crippen LogP contribution in [0.2, 0.25) is 0 Å². The molecule has 0 aromatic heterocycles. The summed E-state index contributed by atoms with van der Waals surface area (Å²) in [6.45, 7) is 3.96. The highest BCUT2D eigenvalue weighted by Gasteiger charge is 2.42. The van der Waals surface area contributed by atoms with Crippen LogP contribution < -0.4 is 5.32 Å². The van der Waals surface area contributed by atoms with E-state index >= 15 is 0 Å². The number of alkyl carbamates (subject to hydrolysis) is 1. The molecule has 0 saturated carbocycles. The van der Waals surface area contributed by atoms with Crippen molar-refractivity contribution in [2.24, 2.45) is 5.92 Å². The fourth-order valence-corrected chi connectivity index (χ4v) is 2.22. The highest BCUT2D eigenvalue weighted by molar-refractivity contribution is 7.80. The van der Waals surface area contributed by atoms with Gasteiger partial charge in [-0.1, -0.05) is 6.92 Å². The van der Waals surface area contributed by atoms with Crippen molar-refractivity contribution in [2.45, 2.75) is 32.4 Å². The Hall–Kier alpha value is -1.44. The maximum atomic E-state index is 12.1. The van der Waals surface area contributed by atoms with Crippen molar-refractivity contribution in [3.8, 4) is 0 Å². The second-order valence-corrected chi connectivity index (χ2v) is 5.09. The third kappa shape index (κ3) is 4.03. The molecule has 1 aliphatic rings. The molecule has 8 heteroatoms. The molecule has 0 aromatic carbocycles. The molecule has 114 valence electrons. The number of aliphatic carboxylic acids is 1. The van der Waals surface area contributed by atoms with Crippen LogP contribution in [0.5, 0.6) is 0 Å². The average Bonchev–Trinajstić information content (AvgIpc) is 2.81. The van der Waals surface area contributed by atoms with Gasteiger partial charge in [0.25, 0.3) is 0 Å². The van der Waals surface area contributed by atoms with Gasteiger partial charge in [0.15, 0.2) is 0 Å². The van der Waals surface area contributed by atoms with Crippen molar-refractivity contribution < 1.29 is 24.2 Å². The van der Waals surface area contributed by atoms with E-state index in [2.05, 4.69) is 17.9 Å². The molecular formula is C12H20N2O5S. The van der Waals surface area contributed by atoms with Gasteiger partial charge in [-0.15, -0.1) is 0 Å². The maximum Gasteiger partial charge on any atom is 0.407 e. The summed E-state index contributed by atoms with van der Waals surface area (Å²) in [5.41, 5.74) is 0. The van der Waals surface area contributed by atoms with Crippen LogP contribution in [-0.2, 0) is 14.3 Å². The molecule has 1 fully saturated rings. The normalized spacial score (nSPS) is 23.2. The summed E-state index contributed by atoms with van der Waals surface area (Å²) in [4.78, 5) is 35.9. The Morgan fingerprint density at radius 2 is 2.15 bits per heavy atom. The lowest BCUT2D eigenvalue weighted by atomic mass is 10.1. The fourth-order valence-electron chi connectivity index (χ4n) is 2.06. The third-order valence-electron chi connectivity index (χ3n) is 3.12. The summed E-state index contributed by atoms with van der Waals surface area (Å²) < 4.78 is 5.10. The molecule has 0 spiro atoms. The maximum absolute atomic E-state index is 12.1. The lowest BCUT2D eigenvalue weighted by Gasteiger charge is -2.23. The number of thiol groups is 1. The zero-order valence-corrected chi connectivity index (χ0v) is 12.4. The first-order chi connectivity index (χ1) is 9.40. The number of rotatable bonds is 5. The predicted octanol–water partition coefficient (Wildman–Crippen LogP) is 0.352. The minimum absolute atomic E-state index is 0.102. The number of carboxylic acids is 1. The van der Waals surface area contributed by atoms with Crippen molar-refractivity contribution in [1.29, 1.82) is 0 Å². The summed E-state index contributed by atoms with van der Waals surface area (Å²) in [6, 6.07) is -0.954. The molecule has 2 amide bonds. The Balaban J connectivity index is 2.72. The number of carbonyl (C=O) groups excluding carboxylic acids is 2. The zero-order chi connectivity index (χ0) is 15.3. The Morgan fingerprint density at radius 1 is 1.50 bits per heavy atom. The van der Waals surface area contributed by atoms with Gasteiger partial charge in [0.2, 0.25) is 5.91 Å². The second kappa shape index (κ2) is 7.37. The van der Waals surface area contributed by atoms with Crippen LogP contribution in [0.3, 0.4) is 0 Å². The minimum atomic E-state index is -1.09. The summed E-state index contributed by atoms with van der Waals surface area (Å²) in [5, 5.41) is 11.6. The largest absolute Gasteiger partial charge is 0.480 e. The van der Waals surface area contributed by atoms with Crippen LogP contribution in [-0.4, -0.2) is 59.0 Å². The van der Waals surface area contributed by atoms with Gasteiger partial charge in [-0.25, -0.2) is 9.59 Å². The molecule has 0 bridgehead atoms. The molecule has 7 nitrogen and oxygen atoms in total. The predicted molar refractivity (Wildman–Crippen MR) is 74.7 cm³/mol. The van der Waals surface area contributed by atoms with Crippen LogP contribution in [0, 0.1) is 5.92 Å². The summed E-state index contributed by atoms with van der Waals surface area (Å²) in [5.74, 6) is -1.41. The minimum Gasteiger partial charge on any atom is -0.480 e. The van der Waals surface area contributed by atoms with Crippen LogP contribution >= 0.6 is 12.6 Å². The number of nitrogens with zero attached hydrogens (tertiary/aromatic N) is 1. The monoisotopic (exact) mass is 304 g/mol. The lowest BCUT2D eigenvalue weighted by Crippen LogP contribution is -2.43.